The van der Waals surface area contributed by atoms with E-state index < -0.39 is 0 Å². The van der Waals surface area contributed by atoms with Gasteiger partial charge in [0.25, 0.3) is 0 Å². The first-order chi connectivity index (χ1) is 15.8. The van der Waals surface area contributed by atoms with E-state index in [9.17, 15) is 0 Å². The van der Waals surface area contributed by atoms with Crippen molar-refractivity contribution in [3.05, 3.63) is 83.2 Å². The van der Waals surface area contributed by atoms with Crippen LogP contribution in [0.4, 0.5) is 0 Å². The van der Waals surface area contributed by atoms with E-state index in [0.717, 1.165) is 40.2 Å². The van der Waals surface area contributed by atoms with E-state index in [-0.39, 0.29) is 5.41 Å². The number of benzene rings is 3. The predicted octanol–water partition coefficient (Wildman–Crippen LogP) is 7.86. The van der Waals surface area contributed by atoms with Gasteiger partial charge < -0.3 is 4.42 Å². The van der Waals surface area contributed by atoms with Gasteiger partial charge in [0, 0.05) is 32.9 Å². The van der Waals surface area contributed by atoms with Gasteiger partial charge in [-0.05, 0) is 42.5 Å². The summed E-state index contributed by atoms with van der Waals surface area (Å²) in [6.07, 6.45) is 1.05. The van der Waals surface area contributed by atoms with E-state index in [0.29, 0.717) is 5.92 Å². The average molecular weight is 433 g/mol. The minimum absolute atomic E-state index is 0.198. The highest BCUT2D eigenvalue weighted by Gasteiger charge is 2.42. The number of furan rings is 1. The van der Waals surface area contributed by atoms with Gasteiger partial charge in [0.1, 0.15) is 17.2 Å². The van der Waals surface area contributed by atoms with E-state index in [1.165, 1.54) is 33.2 Å². The second-order valence-electron chi connectivity index (χ2n) is 10.2. The first-order valence-corrected chi connectivity index (χ1v) is 11.8. The van der Waals surface area contributed by atoms with Crippen molar-refractivity contribution in [1.29, 1.82) is 0 Å². The van der Waals surface area contributed by atoms with Gasteiger partial charge in [0.15, 0.2) is 0 Å². The lowest BCUT2D eigenvalue weighted by molar-refractivity contribution is 0.619. The van der Waals surface area contributed by atoms with Crippen LogP contribution in [0, 0.1) is 12.8 Å². The van der Waals surface area contributed by atoms with Crippen molar-refractivity contribution in [2.45, 2.75) is 46.5 Å². The van der Waals surface area contributed by atoms with Crippen LogP contribution in [-0.4, -0.2) is 9.97 Å². The summed E-state index contributed by atoms with van der Waals surface area (Å²) in [5.41, 5.74) is 9.00. The third kappa shape index (κ3) is 2.95. The minimum atomic E-state index is -0.198. The Morgan fingerprint density at radius 1 is 0.848 bits per heavy atom. The number of fused-ring (bicyclic) bond motifs is 6. The lowest BCUT2D eigenvalue weighted by atomic mass is 9.78. The highest BCUT2D eigenvalue weighted by Crippen LogP contribution is 2.55. The van der Waals surface area contributed by atoms with Gasteiger partial charge in [0.05, 0.1) is 11.2 Å². The minimum Gasteiger partial charge on any atom is -0.456 e. The molecule has 0 spiro atoms. The molecule has 0 fully saturated rings. The number of aryl methyl sites for hydroxylation is 1. The van der Waals surface area contributed by atoms with Crippen LogP contribution in [0.25, 0.3) is 44.5 Å². The molecule has 3 nitrogen and oxygen atoms in total. The maximum atomic E-state index is 6.39. The molecule has 2 aromatic heterocycles. The molecular formula is C30H28N2O. The average Bonchev–Trinajstić information content (AvgIpc) is 3.27. The smallest absolute Gasteiger partial charge is 0.139 e. The number of nitrogens with zero attached hydrogens (tertiary/aromatic N) is 2. The molecule has 3 heteroatoms. The standard InChI is InChI=1S/C30H28N2O/c1-17(2)15-19-13-14-20-24(16-19)31-18(3)32-28(20)22-10-8-11-23-26(22)30(4,5)27-21-9-6-7-12-25(21)33-29(23)27/h6-14,16-17H,15H2,1-5H3. The fraction of sp³-hybridized carbons (Fsp3) is 0.267. The SMILES string of the molecule is Cc1nc(-c2cccc3c2C(C)(C)c2c-3oc3ccccc23)c2ccc(CC(C)C)cc2n1. The Bertz CT molecular complexity index is 1560. The second-order valence-corrected chi connectivity index (χ2v) is 10.2. The fourth-order valence-electron chi connectivity index (χ4n) is 5.69. The quantitative estimate of drug-likeness (QED) is 0.291. The Hall–Kier alpha value is -3.46. The van der Waals surface area contributed by atoms with Gasteiger partial charge in [-0.3, -0.25) is 0 Å². The maximum Gasteiger partial charge on any atom is 0.139 e. The molecular weight excluding hydrogens is 404 g/mol. The molecule has 1 aliphatic carbocycles. The zero-order valence-electron chi connectivity index (χ0n) is 19.9. The summed E-state index contributed by atoms with van der Waals surface area (Å²) in [7, 11) is 0. The second kappa shape index (κ2) is 7.02. The molecule has 5 aromatic rings. The third-order valence-electron chi connectivity index (χ3n) is 6.93. The van der Waals surface area contributed by atoms with Gasteiger partial charge >= 0.3 is 0 Å². The highest BCUT2D eigenvalue weighted by atomic mass is 16.3. The van der Waals surface area contributed by atoms with Crippen LogP contribution in [0.5, 0.6) is 0 Å². The predicted molar refractivity (Wildman–Crippen MR) is 136 cm³/mol. The van der Waals surface area contributed by atoms with Gasteiger partial charge in [-0.15, -0.1) is 0 Å². The summed E-state index contributed by atoms with van der Waals surface area (Å²) in [4.78, 5) is 9.77. The van der Waals surface area contributed by atoms with Crippen molar-refractivity contribution in [2.75, 3.05) is 0 Å². The molecule has 164 valence electrons. The molecule has 0 saturated heterocycles. The zero-order chi connectivity index (χ0) is 22.9. The molecule has 0 unspecified atom stereocenters. The summed E-state index contributed by atoms with van der Waals surface area (Å²) in [5, 5.41) is 2.30. The Kier molecular flexibility index (Phi) is 4.29. The molecule has 0 radical (unpaired) electrons. The van der Waals surface area contributed by atoms with Crippen molar-refractivity contribution in [2.24, 2.45) is 5.92 Å². The number of rotatable bonds is 3. The molecule has 0 atom stereocenters. The van der Waals surface area contributed by atoms with Crippen molar-refractivity contribution < 1.29 is 4.42 Å². The van der Waals surface area contributed by atoms with Gasteiger partial charge in [-0.2, -0.15) is 0 Å². The fourth-order valence-corrected chi connectivity index (χ4v) is 5.69. The van der Waals surface area contributed by atoms with E-state index in [1.54, 1.807) is 0 Å². The monoisotopic (exact) mass is 432 g/mol. The van der Waals surface area contributed by atoms with Crippen LogP contribution in [0.3, 0.4) is 0 Å². The third-order valence-corrected chi connectivity index (χ3v) is 6.93. The van der Waals surface area contributed by atoms with Crippen LogP contribution in [-0.2, 0) is 11.8 Å². The molecule has 1 aliphatic rings. The summed E-state index contributed by atoms with van der Waals surface area (Å²) in [6, 6.07) is 21.6. The van der Waals surface area contributed by atoms with Crippen molar-refractivity contribution in [3.8, 4) is 22.6 Å². The van der Waals surface area contributed by atoms with Gasteiger partial charge in [0.2, 0.25) is 0 Å². The lowest BCUT2D eigenvalue weighted by Crippen LogP contribution is -2.16. The van der Waals surface area contributed by atoms with E-state index in [4.69, 9.17) is 14.4 Å². The molecule has 33 heavy (non-hydrogen) atoms. The maximum absolute atomic E-state index is 6.39. The largest absolute Gasteiger partial charge is 0.456 e. The van der Waals surface area contributed by atoms with Crippen molar-refractivity contribution in [3.63, 3.8) is 0 Å². The summed E-state index contributed by atoms with van der Waals surface area (Å²) < 4.78 is 6.39. The van der Waals surface area contributed by atoms with E-state index in [1.807, 2.05) is 13.0 Å². The highest BCUT2D eigenvalue weighted by molar-refractivity contribution is 6.00. The van der Waals surface area contributed by atoms with Crippen LogP contribution in [0.1, 0.15) is 50.2 Å². The van der Waals surface area contributed by atoms with Crippen LogP contribution >= 0.6 is 0 Å². The van der Waals surface area contributed by atoms with E-state index >= 15 is 0 Å². The van der Waals surface area contributed by atoms with Crippen LogP contribution < -0.4 is 0 Å². The Morgan fingerprint density at radius 3 is 2.45 bits per heavy atom. The number of hydrogen-bond acceptors (Lipinski definition) is 3. The first-order valence-electron chi connectivity index (χ1n) is 11.8. The van der Waals surface area contributed by atoms with Crippen LogP contribution in [0.15, 0.2) is 65.1 Å². The van der Waals surface area contributed by atoms with Crippen molar-refractivity contribution in [1.82, 2.24) is 9.97 Å². The molecule has 0 bridgehead atoms. The zero-order valence-corrected chi connectivity index (χ0v) is 19.9. The topological polar surface area (TPSA) is 38.9 Å². The summed E-state index contributed by atoms with van der Waals surface area (Å²) in [5.74, 6) is 2.40. The molecule has 6 rings (SSSR count). The molecule has 0 saturated carbocycles. The van der Waals surface area contributed by atoms with Gasteiger partial charge in [-0.1, -0.05) is 76.2 Å². The number of hydrogen-bond donors (Lipinski definition) is 0. The normalized spacial score (nSPS) is 14.2. The van der Waals surface area contributed by atoms with E-state index in [2.05, 4.69) is 82.3 Å². The molecule has 2 heterocycles. The Balaban J connectivity index is 1.62. The molecule has 0 aliphatic heterocycles. The van der Waals surface area contributed by atoms with Crippen molar-refractivity contribution >= 4 is 21.9 Å². The molecule has 3 aromatic carbocycles. The summed E-state index contributed by atoms with van der Waals surface area (Å²) >= 11 is 0. The number of para-hydroxylation sites is 1. The first kappa shape index (κ1) is 20.2. The Labute approximate surface area is 194 Å². The lowest BCUT2D eigenvalue weighted by Gasteiger charge is -2.24. The Morgan fingerprint density at radius 2 is 1.64 bits per heavy atom. The summed E-state index contributed by atoms with van der Waals surface area (Å²) in [6.45, 7) is 11.1. The van der Waals surface area contributed by atoms with Crippen LogP contribution in [0.2, 0.25) is 0 Å². The molecule has 0 N–H and O–H groups in total. The molecule has 0 amide bonds. The number of aromatic nitrogens is 2. The van der Waals surface area contributed by atoms with Gasteiger partial charge in [-0.25, -0.2) is 9.97 Å².